The third-order valence-corrected chi connectivity index (χ3v) is 3.39. The second-order valence-electron chi connectivity index (χ2n) is 5.17. The summed E-state index contributed by atoms with van der Waals surface area (Å²) in [5, 5.41) is 0. The normalized spacial score (nSPS) is 25.2. The van der Waals surface area contributed by atoms with E-state index in [0.29, 0.717) is 18.1 Å². The number of hydrogen-bond acceptors (Lipinski definition) is 3. The van der Waals surface area contributed by atoms with Gasteiger partial charge in [0.2, 0.25) is 0 Å². The Morgan fingerprint density at radius 3 is 2.05 bits per heavy atom. The second kappa shape index (κ2) is 7.63. The van der Waals surface area contributed by atoms with Crippen LogP contribution in [0, 0.1) is 0 Å². The molecule has 106 valence electrons. The predicted octanol–water partition coefficient (Wildman–Crippen LogP) is 3.00. The van der Waals surface area contributed by atoms with Crippen molar-refractivity contribution in [3.8, 4) is 0 Å². The van der Waals surface area contributed by atoms with Crippen molar-refractivity contribution >= 4 is 0 Å². The maximum absolute atomic E-state index is 5.23. The molecular formula is C16H24O3. The summed E-state index contributed by atoms with van der Waals surface area (Å²) in [5.41, 5.74) is 1.45. The minimum absolute atomic E-state index is 0.392. The number of epoxide rings is 2. The Hall–Kier alpha value is -0.900. The fraction of sp³-hybridized carbons (Fsp3) is 0.625. The van der Waals surface area contributed by atoms with Crippen LogP contribution in [0.5, 0.6) is 0 Å². The van der Waals surface area contributed by atoms with Gasteiger partial charge in [0.05, 0.1) is 26.4 Å². The molecule has 2 saturated heterocycles. The summed E-state index contributed by atoms with van der Waals surface area (Å²) in [6.45, 7) is 7.74. The molecular weight excluding hydrogens is 240 g/mol. The molecule has 1 aromatic rings. The average Bonchev–Trinajstić information content (AvgIpc) is 3.34. The standard InChI is InChI=1S/C10H14.C6H10O3/c1-3-9(2)10-7-5-4-6-8-10;1(5-3-8-5)7-2-6-4-9-6/h4-9H,3H2,1-2H3;5-6H,1-4H2. The molecule has 3 heteroatoms. The topological polar surface area (TPSA) is 34.3 Å². The molecule has 3 nitrogen and oxygen atoms in total. The van der Waals surface area contributed by atoms with E-state index in [1.807, 2.05) is 0 Å². The molecule has 3 atom stereocenters. The van der Waals surface area contributed by atoms with E-state index in [-0.39, 0.29) is 0 Å². The van der Waals surface area contributed by atoms with E-state index in [1.165, 1.54) is 12.0 Å². The van der Waals surface area contributed by atoms with Gasteiger partial charge in [0.15, 0.2) is 0 Å². The summed E-state index contributed by atoms with van der Waals surface area (Å²) in [5.74, 6) is 0.709. The molecule has 0 bridgehead atoms. The summed E-state index contributed by atoms with van der Waals surface area (Å²) in [4.78, 5) is 0. The molecule has 0 radical (unpaired) electrons. The zero-order chi connectivity index (χ0) is 13.5. The van der Waals surface area contributed by atoms with Crippen molar-refractivity contribution in [1.82, 2.24) is 0 Å². The van der Waals surface area contributed by atoms with Crippen molar-refractivity contribution in [1.29, 1.82) is 0 Å². The van der Waals surface area contributed by atoms with Gasteiger partial charge in [-0.1, -0.05) is 44.2 Å². The first-order chi connectivity index (χ1) is 9.29. The molecule has 19 heavy (non-hydrogen) atoms. The molecule has 0 saturated carbocycles. The van der Waals surface area contributed by atoms with Gasteiger partial charge in [-0.2, -0.15) is 0 Å². The fourth-order valence-corrected chi connectivity index (χ4v) is 1.68. The van der Waals surface area contributed by atoms with Crippen LogP contribution >= 0.6 is 0 Å². The van der Waals surface area contributed by atoms with Crippen LogP contribution < -0.4 is 0 Å². The van der Waals surface area contributed by atoms with Crippen LogP contribution in [0.15, 0.2) is 30.3 Å². The Labute approximate surface area is 115 Å². The molecule has 1 aromatic carbocycles. The van der Waals surface area contributed by atoms with Gasteiger partial charge in [-0.25, -0.2) is 0 Å². The molecule has 0 N–H and O–H groups in total. The number of ether oxygens (including phenoxy) is 3. The number of hydrogen-bond donors (Lipinski definition) is 0. The lowest BCUT2D eigenvalue weighted by molar-refractivity contribution is 0.102. The third kappa shape index (κ3) is 6.19. The average molecular weight is 264 g/mol. The minimum Gasteiger partial charge on any atom is -0.376 e. The van der Waals surface area contributed by atoms with Crippen molar-refractivity contribution in [2.24, 2.45) is 0 Å². The number of rotatable bonds is 6. The highest BCUT2D eigenvalue weighted by atomic mass is 16.6. The third-order valence-electron chi connectivity index (χ3n) is 3.39. The van der Waals surface area contributed by atoms with Crippen molar-refractivity contribution in [2.45, 2.75) is 38.4 Å². The summed E-state index contributed by atoms with van der Waals surface area (Å²) < 4.78 is 15.1. The van der Waals surface area contributed by atoms with Crippen LogP contribution in [0.1, 0.15) is 31.7 Å². The van der Waals surface area contributed by atoms with E-state index >= 15 is 0 Å². The molecule has 3 unspecified atom stereocenters. The lowest BCUT2D eigenvalue weighted by Crippen LogP contribution is -2.06. The first kappa shape index (κ1) is 14.5. The Bertz CT molecular complexity index is 332. The maximum Gasteiger partial charge on any atom is 0.104 e. The molecule has 0 aliphatic carbocycles. The molecule has 2 aliphatic rings. The Morgan fingerprint density at radius 1 is 1.11 bits per heavy atom. The first-order valence-electron chi connectivity index (χ1n) is 7.15. The maximum atomic E-state index is 5.23. The quantitative estimate of drug-likeness (QED) is 0.741. The van der Waals surface area contributed by atoms with Gasteiger partial charge in [0, 0.05) is 0 Å². The van der Waals surface area contributed by atoms with Gasteiger partial charge in [0.25, 0.3) is 0 Å². The SMILES string of the molecule is C(OCC1CO1)C1CO1.CCC(C)c1ccccc1. The van der Waals surface area contributed by atoms with Gasteiger partial charge < -0.3 is 14.2 Å². The smallest absolute Gasteiger partial charge is 0.104 e. The van der Waals surface area contributed by atoms with Crippen LogP contribution in [0.4, 0.5) is 0 Å². The number of benzene rings is 1. The van der Waals surface area contributed by atoms with E-state index in [0.717, 1.165) is 26.4 Å². The van der Waals surface area contributed by atoms with E-state index in [1.54, 1.807) is 0 Å². The van der Waals surface area contributed by atoms with Crippen molar-refractivity contribution in [2.75, 3.05) is 26.4 Å². The molecule has 0 amide bonds. The highest BCUT2D eigenvalue weighted by molar-refractivity contribution is 5.18. The van der Waals surface area contributed by atoms with Gasteiger partial charge >= 0.3 is 0 Å². The fourth-order valence-electron chi connectivity index (χ4n) is 1.68. The Morgan fingerprint density at radius 2 is 1.63 bits per heavy atom. The van der Waals surface area contributed by atoms with Gasteiger partial charge in [-0.15, -0.1) is 0 Å². The van der Waals surface area contributed by atoms with Crippen molar-refractivity contribution < 1.29 is 14.2 Å². The van der Waals surface area contributed by atoms with Crippen LogP contribution in [0.25, 0.3) is 0 Å². The lowest BCUT2D eigenvalue weighted by atomic mass is 9.99. The lowest BCUT2D eigenvalue weighted by Gasteiger charge is -2.06. The molecule has 0 aromatic heterocycles. The van der Waals surface area contributed by atoms with Crippen molar-refractivity contribution in [3.63, 3.8) is 0 Å². The summed E-state index contributed by atoms with van der Waals surface area (Å²) in [7, 11) is 0. The largest absolute Gasteiger partial charge is 0.376 e. The van der Waals surface area contributed by atoms with E-state index in [9.17, 15) is 0 Å². The highest BCUT2D eigenvalue weighted by Crippen LogP contribution is 2.16. The first-order valence-corrected chi connectivity index (χ1v) is 7.15. The van der Waals surface area contributed by atoms with E-state index in [2.05, 4.69) is 44.2 Å². The summed E-state index contributed by atoms with van der Waals surface area (Å²) in [6.07, 6.45) is 2.01. The van der Waals surface area contributed by atoms with Gasteiger partial charge in [-0.3, -0.25) is 0 Å². The van der Waals surface area contributed by atoms with E-state index < -0.39 is 0 Å². The second-order valence-corrected chi connectivity index (χ2v) is 5.17. The highest BCUT2D eigenvalue weighted by Gasteiger charge is 2.26. The van der Waals surface area contributed by atoms with Gasteiger partial charge in [-0.05, 0) is 17.9 Å². The Balaban J connectivity index is 0.000000141. The Kier molecular flexibility index (Phi) is 5.83. The minimum atomic E-state index is 0.392. The molecule has 2 fully saturated rings. The van der Waals surface area contributed by atoms with Crippen LogP contribution in [-0.2, 0) is 14.2 Å². The molecule has 2 aliphatic heterocycles. The van der Waals surface area contributed by atoms with Crippen LogP contribution in [0.3, 0.4) is 0 Å². The predicted molar refractivity (Wildman–Crippen MR) is 75.4 cm³/mol. The zero-order valence-corrected chi connectivity index (χ0v) is 11.9. The zero-order valence-electron chi connectivity index (χ0n) is 11.9. The van der Waals surface area contributed by atoms with Crippen LogP contribution in [-0.4, -0.2) is 38.6 Å². The summed E-state index contributed by atoms with van der Waals surface area (Å²) >= 11 is 0. The van der Waals surface area contributed by atoms with E-state index in [4.69, 9.17) is 14.2 Å². The summed E-state index contributed by atoms with van der Waals surface area (Å²) in [6, 6.07) is 10.6. The van der Waals surface area contributed by atoms with Crippen LogP contribution in [0.2, 0.25) is 0 Å². The van der Waals surface area contributed by atoms with Gasteiger partial charge in [0.1, 0.15) is 12.2 Å². The molecule has 2 heterocycles. The van der Waals surface area contributed by atoms with Crippen molar-refractivity contribution in [3.05, 3.63) is 35.9 Å². The molecule has 0 spiro atoms. The molecule has 3 rings (SSSR count). The monoisotopic (exact) mass is 264 g/mol.